The van der Waals surface area contributed by atoms with Gasteiger partial charge in [0.2, 0.25) is 5.91 Å². The van der Waals surface area contributed by atoms with E-state index < -0.39 is 0 Å². The van der Waals surface area contributed by atoms with Crippen LogP contribution in [0.3, 0.4) is 0 Å². The number of amides is 1. The van der Waals surface area contributed by atoms with Crippen molar-refractivity contribution in [2.24, 2.45) is 5.92 Å². The van der Waals surface area contributed by atoms with Crippen LogP contribution in [0.25, 0.3) is 0 Å². The SMILES string of the molecule is CC(CCO)CNC(=O)CCCOc1ccc(F)cc1. The van der Waals surface area contributed by atoms with Crippen LogP contribution in [-0.2, 0) is 4.79 Å². The molecule has 1 amide bonds. The third-order valence-electron chi connectivity index (χ3n) is 2.90. The zero-order valence-corrected chi connectivity index (χ0v) is 11.8. The quantitative estimate of drug-likeness (QED) is 0.682. The maximum absolute atomic E-state index is 12.7. The summed E-state index contributed by atoms with van der Waals surface area (Å²) in [5.74, 6) is 0.564. The lowest BCUT2D eigenvalue weighted by atomic mass is 10.1. The molecule has 1 atom stereocenters. The molecule has 0 aliphatic rings. The third kappa shape index (κ3) is 7.09. The molecule has 4 nitrogen and oxygen atoms in total. The molecule has 0 aliphatic heterocycles. The van der Waals surface area contributed by atoms with E-state index in [9.17, 15) is 9.18 Å². The van der Waals surface area contributed by atoms with E-state index in [0.717, 1.165) is 0 Å². The predicted molar refractivity (Wildman–Crippen MR) is 75.0 cm³/mol. The zero-order valence-electron chi connectivity index (χ0n) is 11.8. The zero-order chi connectivity index (χ0) is 14.8. The van der Waals surface area contributed by atoms with Crippen molar-refractivity contribution in [3.8, 4) is 5.75 Å². The molecule has 112 valence electrons. The van der Waals surface area contributed by atoms with Gasteiger partial charge in [0, 0.05) is 19.6 Å². The molecule has 0 spiro atoms. The van der Waals surface area contributed by atoms with Crippen molar-refractivity contribution < 1.29 is 19.0 Å². The second-order valence-corrected chi connectivity index (χ2v) is 4.83. The second kappa shape index (κ2) is 9.31. The molecular formula is C15H22FNO3. The molecule has 1 aromatic carbocycles. The maximum Gasteiger partial charge on any atom is 0.220 e. The Labute approximate surface area is 119 Å². The first-order valence-corrected chi connectivity index (χ1v) is 6.87. The Morgan fingerprint density at radius 1 is 1.40 bits per heavy atom. The Bertz CT molecular complexity index is 395. The van der Waals surface area contributed by atoms with Gasteiger partial charge in [0.1, 0.15) is 11.6 Å². The van der Waals surface area contributed by atoms with Crippen LogP contribution in [0.5, 0.6) is 5.75 Å². The molecule has 5 heteroatoms. The van der Waals surface area contributed by atoms with Crippen LogP contribution >= 0.6 is 0 Å². The second-order valence-electron chi connectivity index (χ2n) is 4.83. The monoisotopic (exact) mass is 283 g/mol. The Morgan fingerprint density at radius 2 is 2.10 bits per heavy atom. The molecule has 0 aromatic heterocycles. The van der Waals surface area contributed by atoms with Crippen molar-refractivity contribution in [3.63, 3.8) is 0 Å². The number of aliphatic hydroxyl groups is 1. The summed E-state index contributed by atoms with van der Waals surface area (Å²) in [7, 11) is 0. The summed E-state index contributed by atoms with van der Waals surface area (Å²) in [6.45, 7) is 3.13. The van der Waals surface area contributed by atoms with E-state index in [1.54, 1.807) is 12.1 Å². The average molecular weight is 283 g/mol. The number of carbonyl (C=O) groups excluding carboxylic acids is 1. The van der Waals surface area contributed by atoms with Gasteiger partial charge < -0.3 is 15.2 Å². The smallest absolute Gasteiger partial charge is 0.220 e. The lowest BCUT2D eigenvalue weighted by Gasteiger charge is -2.11. The first kappa shape index (κ1) is 16.4. The van der Waals surface area contributed by atoms with Gasteiger partial charge in [0.05, 0.1) is 6.61 Å². The topological polar surface area (TPSA) is 58.6 Å². The molecule has 0 radical (unpaired) electrons. The summed E-state index contributed by atoms with van der Waals surface area (Å²) < 4.78 is 18.1. The van der Waals surface area contributed by atoms with Crippen molar-refractivity contribution in [1.82, 2.24) is 5.32 Å². The van der Waals surface area contributed by atoms with Crippen LogP contribution in [0.4, 0.5) is 4.39 Å². The van der Waals surface area contributed by atoms with E-state index in [2.05, 4.69) is 5.32 Å². The summed E-state index contributed by atoms with van der Waals surface area (Å²) in [6, 6.07) is 5.80. The minimum atomic E-state index is -0.297. The van der Waals surface area contributed by atoms with Crippen molar-refractivity contribution in [1.29, 1.82) is 0 Å². The Morgan fingerprint density at radius 3 is 2.75 bits per heavy atom. The number of hydrogen-bond acceptors (Lipinski definition) is 3. The molecule has 0 heterocycles. The molecule has 0 saturated heterocycles. The fourth-order valence-corrected chi connectivity index (χ4v) is 1.65. The fraction of sp³-hybridized carbons (Fsp3) is 0.533. The van der Waals surface area contributed by atoms with Crippen molar-refractivity contribution in [2.75, 3.05) is 19.8 Å². The number of halogens is 1. The fourth-order valence-electron chi connectivity index (χ4n) is 1.65. The van der Waals surface area contributed by atoms with E-state index in [-0.39, 0.29) is 24.2 Å². The highest BCUT2D eigenvalue weighted by molar-refractivity contribution is 5.75. The largest absolute Gasteiger partial charge is 0.494 e. The molecule has 1 unspecified atom stereocenters. The standard InChI is InChI=1S/C15H22FNO3/c1-12(8-9-18)11-17-15(19)3-2-10-20-14-6-4-13(16)5-7-14/h4-7,12,18H,2-3,8-11H2,1H3,(H,17,19). The highest BCUT2D eigenvalue weighted by Crippen LogP contribution is 2.11. The first-order valence-electron chi connectivity index (χ1n) is 6.87. The number of benzene rings is 1. The number of ether oxygens (including phenoxy) is 1. The summed E-state index contributed by atoms with van der Waals surface area (Å²) in [6.07, 6.45) is 1.69. The van der Waals surface area contributed by atoms with Crippen LogP contribution in [0.15, 0.2) is 24.3 Å². The van der Waals surface area contributed by atoms with E-state index in [1.807, 2.05) is 6.92 Å². The highest BCUT2D eigenvalue weighted by Gasteiger charge is 2.05. The molecule has 0 fully saturated rings. The molecule has 0 bridgehead atoms. The van der Waals surface area contributed by atoms with Crippen LogP contribution < -0.4 is 10.1 Å². The number of carbonyl (C=O) groups is 1. The highest BCUT2D eigenvalue weighted by atomic mass is 19.1. The van der Waals surface area contributed by atoms with Gasteiger partial charge in [-0.05, 0) is 43.0 Å². The summed E-state index contributed by atoms with van der Waals surface area (Å²) in [5, 5.41) is 11.6. The minimum absolute atomic E-state index is 0.0162. The van der Waals surface area contributed by atoms with Crippen LogP contribution in [0, 0.1) is 11.7 Å². The van der Waals surface area contributed by atoms with E-state index in [1.165, 1.54) is 12.1 Å². The van der Waals surface area contributed by atoms with Gasteiger partial charge in [-0.3, -0.25) is 4.79 Å². The minimum Gasteiger partial charge on any atom is -0.494 e. The van der Waals surface area contributed by atoms with E-state index in [0.29, 0.717) is 38.2 Å². The Balaban J connectivity index is 2.08. The predicted octanol–water partition coefficient (Wildman–Crippen LogP) is 2.12. The summed E-state index contributed by atoms with van der Waals surface area (Å²) >= 11 is 0. The number of aliphatic hydroxyl groups excluding tert-OH is 1. The van der Waals surface area contributed by atoms with Gasteiger partial charge in [-0.2, -0.15) is 0 Å². The molecule has 0 aliphatic carbocycles. The lowest BCUT2D eigenvalue weighted by Crippen LogP contribution is -2.28. The number of hydrogen-bond donors (Lipinski definition) is 2. The number of nitrogens with one attached hydrogen (secondary N) is 1. The van der Waals surface area contributed by atoms with Gasteiger partial charge >= 0.3 is 0 Å². The van der Waals surface area contributed by atoms with E-state index >= 15 is 0 Å². The van der Waals surface area contributed by atoms with Gasteiger partial charge in [0.15, 0.2) is 0 Å². The van der Waals surface area contributed by atoms with Gasteiger partial charge in [0.25, 0.3) is 0 Å². The number of rotatable bonds is 9. The van der Waals surface area contributed by atoms with Crippen molar-refractivity contribution >= 4 is 5.91 Å². The van der Waals surface area contributed by atoms with Crippen LogP contribution in [0.1, 0.15) is 26.2 Å². The molecule has 20 heavy (non-hydrogen) atoms. The van der Waals surface area contributed by atoms with Crippen molar-refractivity contribution in [2.45, 2.75) is 26.2 Å². The Kier molecular flexibility index (Phi) is 7.65. The van der Waals surface area contributed by atoms with Gasteiger partial charge in [-0.15, -0.1) is 0 Å². The molecule has 0 saturated carbocycles. The van der Waals surface area contributed by atoms with Crippen molar-refractivity contribution in [3.05, 3.63) is 30.1 Å². The first-order chi connectivity index (χ1) is 9.61. The van der Waals surface area contributed by atoms with Gasteiger partial charge in [-0.25, -0.2) is 4.39 Å². The molecule has 2 N–H and O–H groups in total. The average Bonchev–Trinajstić information content (AvgIpc) is 2.43. The third-order valence-corrected chi connectivity index (χ3v) is 2.90. The molecule has 1 aromatic rings. The maximum atomic E-state index is 12.7. The van der Waals surface area contributed by atoms with Crippen LogP contribution in [-0.4, -0.2) is 30.8 Å². The Hall–Kier alpha value is -1.62. The normalized spacial score (nSPS) is 11.9. The molecule has 1 rings (SSSR count). The van der Waals surface area contributed by atoms with Gasteiger partial charge in [-0.1, -0.05) is 6.92 Å². The van der Waals surface area contributed by atoms with Crippen LogP contribution in [0.2, 0.25) is 0 Å². The molecular weight excluding hydrogens is 261 g/mol. The van der Waals surface area contributed by atoms with E-state index in [4.69, 9.17) is 9.84 Å². The lowest BCUT2D eigenvalue weighted by molar-refractivity contribution is -0.121. The summed E-state index contributed by atoms with van der Waals surface area (Å²) in [4.78, 5) is 11.5. The summed E-state index contributed by atoms with van der Waals surface area (Å²) in [5.41, 5.74) is 0.